The molecule has 1 saturated heterocycles. The zero-order valence-electron chi connectivity index (χ0n) is 14.5. The number of amides is 1. The molecule has 4 nitrogen and oxygen atoms in total. The van der Waals surface area contributed by atoms with Crippen LogP contribution < -0.4 is 0 Å². The number of hydrogen-bond acceptors (Lipinski definition) is 4. The Morgan fingerprint density at radius 1 is 1.25 bits per heavy atom. The minimum atomic E-state index is 0.198. The molecule has 0 aromatic heterocycles. The zero-order chi connectivity index (χ0) is 16.9. The van der Waals surface area contributed by atoms with Crippen LogP contribution in [0, 0.1) is 5.92 Å². The quantitative estimate of drug-likeness (QED) is 0.768. The maximum absolute atomic E-state index is 12.7. The Kier molecular flexibility index (Phi) is 6.19. The van der Waals surface area contributed by atoms with Crippen molar-refractivity contribution in [1.29, 1.82) is 0 Å². The minimum Gasteiger partial charge on any atom is -0.396 e. The van der Waals surface area contributed by atoms with E-state index in [0.29, 0.717) is 12.5 Å². The summed E-state index contributed by atoms with van der Waals surface area (Å²) < 4.78 is 0. The summed E-state index contributed by atoms with van der Waals surface area (Å²) in [4.78, 5) is 18.4. The second-order valence-corrected chi connectivity index (χ2v) is 7.85. The summed E-state index contributed by atoms with van der Waals surface area (Å²) in [6, 6.07) is 8.58. The van der Waals surface area contributed by atoms with E-state index in [2.05, 4.69) is 35.4 Å². The zero-order valence-corrected chi connectivity index (χ0v) is 15.3. The first-order valence-corrected chi connectivity index (χ1v) is 10.2. The normalized spacial score (nSPS) is 21.9. The predicted octanol–water partition coefficient (Wildman–Crippen LogP) is 2.26. The maximum atomic E-state index is 12.7. The van der Waals surface area contributed by atoms with E-state index in [9.17, 15) is 9.90 Å². The molecule has 0 unspecified atom stereocenters. The lowest BCUT2D eigenvalue weighted by molar-refractivity contribution is -0.133. The molecule has 1 aliphatic carbocycles. The Bertz CT molecular complexity index is 545. The van der Waals surface area contributed by atoms with Crippen LogP contribution in [0.2, 0.25) is 0 Å². The SMILES string of the molecule is CSc1ccc(CC(=O)N2CCN(CC3CC3)[C@@H](CCO)C2)cc1. The van der Waals surface area contributed by atoms with Gasteiger partial charge in [0.05, 0.1) is 6.42 Å². The summed E-state index contributed by atoms with van der Waals surface area (Å²) in [5, 5.41) is 9.36. The Labute approximate surface area is 149 Å². The van der Waals surface area contributed by atoms with Gasteiger partial charge in [-0.1, -0.05) is 12.1 Å². The first kappa shape index (κ1) is 17.8. The van der Waals surface area contributed by atoms with Gasteiger partial charge in [-0.2, -0.15) is 0 Å². The fourth-order valence-corrected chi connectivity index (χ4v) is 3.85. The van der Waals surface area contributed by atoms with Gasteiger partial charge < -0.3 is 10.0 Å². The number of piperazine rings is 1. The van der Waals surface area contributed by atoms with Crippen LogP contribution in [0.3, 0.4) is 0 Å². The molecule has 1 heterocycles. The van der Waals surface area contributed by atoms with Crippen LogP contribution >= 0.6 is 11.8 Å². The number of nitrogens with zero attached hydrogens (tertiary/aromatic N) is 2. The largest absolute Gasteiger partial charge is 0.396 e. The van der Waals surface area contributed by atoms with Gasteiger partial charge in [0.15, 0.2) is 0 Å². The van der Waals surface area contributed by atoms with Crippen molar-refractivity contribution in [3.8, 4) is 0 Å². The first-order chi connectivity index (χ1) is 11.7. The topological polar surface area (TPSA) is 43.8 Å². The standard InChI is InChI=1S/C19H28N2O2S/c1-24-18-6-4-15(5-7-18)12-19(23)21-10-9-20(13-16-2-3-16)17(14-21)8-11-22/h4-7,16-17,22H,2-3,8-14H2,1H3/t17-/m0/s1. The summed E-state index contributed by atoms with van der Waals surface area (Å²) in [6.07, 6.45) is 5.98. The Morgan fingerprint density at radius 3 is 2.62 bits per heavy atom. The molecule has 0 bridgehead atoms. The van der Waals surface area contributed by atoms with Crippen LogP contribution in [0.5, 0.6) is 0 Å². The van der Waals surface area contributed by atoms with Crippen molar-refractivity contribution in [2.75, 3.05) is 39.0 Å². The fraction of sp³-hybridized carbons (Fsp3) is 0.632. The van der Waals surface area contributed by atoms with E-state index in [1.54, 1.807) is 11.8 Å². The highest BCUT2D eigenvalue weighted by molar-refractivity contribution is 7.98. The summed E-state index contributed by atoms with van der Waals surface area (Å²) >= 11 is 1.72. The Morgan fingerprint density at radius 2 is 2.00 bits per heavy atom. The van der Waals surface area contributed by atoms with Crippen molar-refractivity contribution in [2.24, 2.45) is 5.92 Å². The van der Waals surface area contributed by atoms with Gasteiger partial charge in [-0.05, 0) is 49.1 Å². The highest BCUT2D eigenvalue weighted by Crippen LogP contribution is 2.31. The van der Waals surface area contributed by atoms with E-state index in [4.69, 9.17) is 0 Å². The molecule has 2 fully saturated rings. The second kappa shape index (κ2) is 8.37. The highest BCUT2D eigenvalue weighted by atomic mass is 32.2. The van der Waals surface area contributed by atoms with Gasteiger partial charge in [-0.3, -0.25) is 9.69 Å². The molecule has 1 aromatic rings. The van der Waals surface area contributed by atoms with Crippen molar-refractivity contribution in [3.63, 3.8) is 0 Å². The molecule has 24 heavy (non-hydrogen) atoms. The van der Waals surface area contributed by atoms with Crippen molar-refractivity contribution >= 4 is 17.7 Å². The van der Waals surface area contributed by atoms with Crippen LogP contribution in [0.1, 0.15) is 24.8 Å². The maximum Gasteiger partial charge on any atom is 0.227 e. The molecule has 3 rings (SSSR count). The monoisotopic (exact) mass is 348 g/mol. The van der Waals surface area contributed by atoms with E-state index < -0.39 is 0 Å². The molecular formula is C19H28N2O2S. The first-order valence-electron chi connectivity index (χ1n) is 8.95. The number of carbonyl (C=O) groups is 1. The average Bonchev–Trinajstić information content (AvgIpc) is 3.41. The third-order valence-electron chi connectivity index (χ3n) is 5.12. The number of rotatable bonds is 7. The van der Waals surface area contributed by atoms with Gasteiger partial charge in [0.25, 0.3) is 0 Å². The van der Waals surface area contributed by atoms with Crippen LogP contribution in [0.25, 0.3) is 0 Å². The van der Waals surface area contributed by atoms with Crippen LogP contribution in [0.15, 0.2) is 29.2 Å². The average molecular weight is 349 g/mol. The summed E-state index contributed by atoms with van der Waals surface area (Å²) in [7, 11) is 0. The Balaban J connectivity index is 1.55. The van der Waals surface area contributed by atoms with Crippen LogP contribution in [-0.2, 0) is 11.2 Å². The smallest absolute Gasteiger partial charge is 0.227 e. The van der Waals surface area contributed by atoms with Gasteiger partial charge in [-0.25, -0.2) is 0 Å². The van der Waals surface area contributed by atoms with E-state index >= 15 is 0 Å². The molecular weight excluding hydrogens is 320 g/mol. The molecule has 2 aliphatic rings. The third-order valence-corrected chi connectivity index (χ3v) is 5.87. The molecule has 0 spiro atoms. The van der Waals surface area contributed by atoms with E-state index in [1.807, 2.05) is 4.90 Å². The number of hydrogen-bond donors (Lipinski definition) is 1. The molecule has 0 radical (unpaired) electrons. The molecule has 132 valence electrons. The molecule has 1 saturated carbocycles. The molecule has 1 N–H and O–H groups in total. The minimum absolute atomic E-state index is 0.198. The Hall–Kier alpha value is -1.04. The van der Waals surface area contributed by atoms with Crippen molar-refractivity contribution in [2.45, 2.75) is 36.6 Å². The van der Waals surface area contributed by atoms with E-state index in [0.717, 1.165) is 44.1 Å². The molecule has 1 aliphatic heterocycles. The number of benzene rings is 1. The van der Waals surface area contributed by atoms with Crippen LogP contribution in [-0.4, -0.2) is 65.9 Å². The molecule has 1 amide bonds. The lowest BCUT2D eigenvalue weighted by Crippen LogP contribution is -2.55. The number of carbonyl (C=O) groups excluding carboxylic acids is 1. The van der Waals surface area contributed by atoms with Crippen LogP contribution in [0.4, 0.5) is 0 Å². The lowest BCUT2D eigenvalue weighted by Gasteiger charge is -2.41. The van der Waals surface area contributed by atoms with E-state index in [-0.39, 0.29) is 12.5 Å². The second-order valence-electron chi connectivity index (χ2n) is 6.97. The van der Waals surface area contributed by atoms with Crippen molar-refractivity contribution in [3.05, 3.63) is 29.8 Å². The molecule has 1 aromatic carbocycles. The molecule has 5 heteroatoms. The highest BCUT2D eigenvalue weighted by Gasteiger charge is 2.33. The van der Waals surface area contributed by atoms with E-state index in [1.165, 1.54) is 17.7 Å². The van der Waals surface area contributed by atoms with Gasteiger partial charge in [-0.15, -0.1) is 11.8 Å². The number of aliphatic hydroxyl groups excluding tert-OH is 1. The van der Waals surface area contributed by atoms with Gasteiger partial charge in [0, 0.05) is 43.7 Å². The van der Waals surface area contributed by atoms with Gasteiger partial charge >= 0.3 is 0 Å². The van der Waals surface area contributed by atoms with Crippen molar-refractivity contribution < 1.29 is 9.90 Å². The summed E-state index contributed by atoms with van der Waals surface area (Å²) in [5.74, 6) is 1.06. The fourth-order valence-electron chi connectivity index (χ4n) is 3.44. The third kappa shape index (κ3) is 4.74. The predicted molar refractivity (Wildman–Crippen MR) is 98.3 cm³/mol. The van der Waals surface area contributed by atoms with Gasteiger partial charge in [0.2, 0.25) is 5.91 Å². The van der Waals surface area contributed by atoms with Gasteiger partial charge in [0.1, 0.15) is 0 Å². The lowest BCUT2D eigenvalue weighted by atomic mass is 10.1. The molecule has 1 atom stereocenters. The number of thioether (sulfide) groups is 1. The summed E-state index contributed by atoms with van der Waals surface area (Å²) in [6.45, 7) is 3.86. The summed E-state index contributed by atoms with van der Waals surface area (Å²) in [5.41, 5.74) is 1.08. The number of aliphatic hydroxyl groups is 1. The van der Waals surface area contributed by atoms with Crippen molar-refractivity contribution in [1.82, 2.24) is 9.80 Å².